The second-order valence-corrected chi connectivity index (χ2v) is 8.50. The molecule has 1 unspecified atom stereocenters. The lowest BCUT2D eigenvalue weighted by molar-refractivity contribution is -0.147. The molecule has 0 bridgehead atoms. The Kier molecular flexibility index (Phi) is 5.02. The number of aromatic nitrogens is 3. The van der Waals surface area contributed by atoms with Crippen molar-refractivity contribution >= 4 is 22.9 Å². The molecule has 6 nitrogen and oxygen atoms in total. The molecule has 2 N–H and O–H groups in total. The van der Waals surface area contributed by atoms with E-state index >= 15 is 0 Å². The van der Waals surface area contributed by atoms with E-state index in [1.807, 2.05) is 25.7 Å². The van der Waals surface area contributed by atoms with Crippen LogP contribution in [0.25, 0.3) is 5.69 Å². The molecule has 30 heavy (non-hydrogen) atoms. The average Bonchev–Trinajstić information content (AvgIpc) is 3.06. The maximum atomic E-state index is 13.3. The van der Waals surface area contributed by atoms with Crippen LogP contribution in [0.5, 0.6) is 0 Å². The van der Waals surface area contributed by atoms with Crippen LogP contribution in [0.3, 0.4) is 0 Å². The Bertz CT molecular complexity index is 1150. The summed E-state index contributed by atoms with van der Waals surface area (Å²) in [5, 5.41) is 3.62. The van der Waals surface area contributed by atoms with Crippen LogP contribution >= 0.6 is 12.2 Å². The number of alkyl halides is 3. The fraction of sp³-hybridized carbons (Fsp3) is 0.450. The van der Waals surface area contributed by atoms with E-state index < -0.39 is 23.2 Å². The summed E-state index contributed by atoms with van der Waals surface area (Å²) in [6.07, 6.45) is 1.34. The van der Waals surface area contributed by atoms with Gasteiger partial charge in [-0.05, 0) is 45.7 Å². The fourth-order valence-electron chi connectivity index (χ4n) is 4.23. The third-order valence-electron chi connectivity index (χ3n) is 5.40. The summed E-state index contributed by atoms with van der Waals surface area (Å²) in [6, 6.07) is 1.33. The smallest absolute Gasteiger partial charge is 0.389 e. The van der Waals surface area contributed by atoms with Crippen LogP contribution in [-0.2, 0) is 19.6 Å². The average molecular weight is 437 g/mol. The van der Waals surface area contributed by atoms with Gasteiger partial charge in [0.25, 0.3) is 0 Å². The SMILES string of the molecule is C#CC(C)N1c2c(C(N)=S)cc(C)c(-n3nc(C(F)(F)F)n(C)c3=O)c2CC1(C)C. The minimum atomic E-state index is -4.77. The van der Waals surface area contributed by atoms with Gasteiger partial charge in [-0.2, -0.15) is 17.9 Å². The highest BCUT2D eigenvalue weighted by Crippen LogP contribution is 2.46. The molecule has 2 aromatic rings. The van der Waals surface area contributed by atoms with Gasteiger partial charge in [0.2, 0.25) is 5.82 Å². The molecule has 1 aromatic carbocycles. The van der Waals surface area contributed by atoms with Crippen molar-refractivity contribution < 1.29 is 13.2 Å². The number of nitrogens with two attached hydrogens (primary N) is 1. The summed E-state index contributed by atoms with van der Waals surface area (Å²) < 4.78 is 41.3. The van der Waals surface area contributed by atoms with Crippen molar-refractivity contribution in [2.45, 2.75) is 51.9 Å². The molecule has 0 spiro atoms. The molecule has 1 atom stereocenters. The Morgan fingerprint density at radius 2 is 2.00 bits per heavy atom. The van der Waals surface area contributed by atoms with E-state index in [4.69, 9.17) is 24.4 Å². The number of thiocarbonyl (C=S) groups is 1. The van der Waals surface area contributed by atoms with Gasteiger partial charge >= 0.3 is 11.9 Å². The summed E-state index contributed by atoms with van der Waals surface area (Å²) in [5.41, 5.74) is 7.25. The van der Waals surface area contributed by atoms with Crippen molar-refractivity contribution in [2.24, 2.45) is 12.8 Å². The van der Waals surface area contributed by atoms with E-state index in [9.17, 15) is 18.0 Å². The predicted molar refractivity (Wildman–Crippen MR) is 113 cm³/mol. The number of rotatable bonds is 3. The minimum Gasteiger partial charge on any atom is -0.389 e. The van der Waals surface area contributed by atoms with E-state index in [0.29, 0.717) is 39.1 Å². The predicted octanol–water partition coefficient (Wildman–Crippen LogP) is 2.70. The van der Waals surface area contributed by atoms with Gasteiger partial charge in [-0.3, -0.25) is 4.57 Å². The molecule has 10 heteroatoms. The highest BCUT2D eigenvalue weighted by molar-refractivity contribution is 7.80. The minimum absolute atomic E-state index is 0.136. The van der Waals surface area contributed by atoms with Crippen molar-refractivity contribution in [3.8, 4) is 18.0 Å². The van der Waals surface area contributed by atoms with E-state index in [1.54, 1.807) is 13.0 Å². The third kappa shape index (κ3) is 3.17. The van der Waals surface area contributed by atoms with Crippen LogP contribution in [0.4, 0.5) is 18.9 Å². The quantitative estimate of drug-likeness (QED) is 0.591. The zero-order valence-corrected chi connectivity index (χ0v) is 18.1. The summed E-state index contributed by atoms with van der Waals surface area (Å²) in [5.74, 6) is 1.42. The molecule has 1 aromatic heterocycles. The second kappa shape index (κ2) is 6.87. The normalized spacial score (nSPS) is 16.3. The summed E-state index contributed by atoms with van der Waals surface area (Å²) >= 11 is 5.24. The number of hydrogen-bond acceptors (Lipinski definition) is 4. The Balaban J connectivity index is 2.43. The van der Waals surface area contributed by atoms with Crippen molar-refractivity contribution in [3.63, 3.8) is 0 Å². The number of hydrogen-bond donors (Lipinski definition) is 1. The number of anilines is 1. The molecule has 1 aliphatic heterocycles. The molecule has 0 aliphatic carbocycles. The topological polar surface area (TPSA) is 69.1 Å². The fourth-order valence-corrected chi connectivity index (χ4v) is 4.39. The van der Waals surface area contributed by atoms with E-state index in [-0.39, 0.29) is 11.0 Å². The van der Waals surface area contributed by atoms with E-state index in [2.05, 4.69) is 11.0 Å². The first-order valence-corrected chi connectivity index (χ1v) is 9.58. The number of aryl methyl sites for hydroxylation is 1. The Morgan fingerprint density at radius 3 is 2.47 bits per heavy atom. The highest BCUT2D eigenvalue weighted by Gasteiger charge is 2.44. The molecule has 0 saturated heterocycles. The van der Waals surface area contributed by atoms with Crippen LogP contribution in [0, 0.1) is 19.3 Å². The molecule has 0 fully saturated rings. The standard InChI is InChI=1S/C20H22F3N5OS/c1-7-11(3)27-15-12(16(24)30)8-10(2)14(13(15)9-19(27,4)5)28-18(29)26(6)17(25-28)20(21,22)23/h1,8,11H,9H2,2-6H3,(H2,24,30). The van der Waals surface area contributed by atoms with Crippen LogP contribution in [-0.4, -0.2) is 30.9 Å². The number of halogens is 3. The van der Waals surface area contributed by atoms with Crippen LogP contribution < -0.4 is 16.3 Å². The molecule has 0 radical (unpaired) electrons. The van der Waals surface area contributed by atoms with Crippen LogP contribution in [0.2, 0.25) is 0 Å². The summed E-state index contributed by atoms with van der Waals surface area (Å²) in [4.78, 5) is 14.8. The van der Waals surface area contributed by atoms with Crippen molar-refractivity contribution in [3.05, 3.63) is 39.1 Å². The molecular weight excluding hydrogens is 415 g/mol. The Labute approximate surface area is 177 Å². The zero-order chi connectivity index (χ0) is 22.8. The largest absolute Gasteiger partial charge is 0.451 e. The number of benzene rings is 1. The van der Waals surface area contributed by atoms with Crippen LogP contribution in [0.1, 0.15) is 43.3 Å². The summed E-state index contributed by atoms with van der Waals surface area (Å²) in [6.45, 7) is 7.46. The van der Waals surface area contributed by atoms with Crippen molar-refractivity contribution in [2.75, 3.05) is 4.90 Å². The summed E-state index contributed by atoms with van der Waals surface area (Å²) in [7, 11) is 1.05. The van der Waals surface area contributed by atoms with Crippen molar-refractivity contribution in [1.29, 1.82) is 0 Å². The van der Waals surface area contributed by atoms with Gasteiger partial charge in [0.1, 0.15) is 4.99 Å². The van der Waals surface area contributed by atoms with E-state index in [1.165, 1.54) is 0 Å². The van der Waals surface area contributed by atoms with Gasteiger partial charge in [0.15, 0.2) is 0 Å². The zero-order valence-electron chi connectivity index (χ0n) is 17.3. The number of nitrogens with zero attached hydrogens (tertiary/aromatic N) is 4. The first-order valence-electron chi connectivity index (χ1n) is 9.17. The Hall–Kier alpha value is -2.80. The van der Waals surface area contributed by atoms with Gasteiger partial charge in [-0.1, -0.05) is 18.1 Å². The van der Waals surface area contributed by atoms with Gasteiger partial charge in [-0.15, -0.1) is 11.5 Å². The lowest BCUT2D eigenvalue weighted by Crippen LogP contribution is -2.46. The molecule has 0 saturated carbocycles. The molecule has 0 amide bonds. The molecule has 160 valence electrons. The van der Waals surface area contributed by atoms with Gasteiger partial charge < -0.3 is 10.6 Å². The lowest BCUT2D eigenvalue weighted by atomic mass is 9.95. The maximum absolute atomic E-state index is 13.3. The molecular formula is C20H22F3N5OS. The highest BCUT2D eigenvalue weighted by atomic mass is 32.1. The lowest BCUT2D eigenvalue weighted by Gasteiger charge is -2.37. The molecule has 3 rings (SSSR count). The maximum Gasteiger partial charge on any atom is 0.451 e. The van der Waals surface area contributed by atoms with Gasteiger partial charge in [0, 0.05) is 23.7 Å². The monoisotopic (exact) mass is 437 g/mol. The first-order chi connectivity index (χ1) is 13.7. The second-order valence-electron chi connectivity index (χ2n) is 8.06. The number of fused-ring (bicyclic) bond motifs is 1. The van der Waals surface area contributed by atoms with E-state index in [0.717, 1.165) is 11.7 Å². The first kappa shape index (κ1) is 21.9. The molecule has 2 heterocycles. The van der Waals surface area contributed by atoms with Gasteiger partial charge in [-0.25, -0.2) is 4.79 Å². The van der Waals surface area contributed by atoms with Crippen molar-refractivity contribution in [1.82, 2.24) is 14.3 Å². The third-order valence-corrected chi connectivity index (χ3v) is 5.62. The van der Waals surface area contributed by atoms with Crippen LogP contribution in [0.15, 0.2) is 10.9 Å². The molecule has 1 aliphatic rings. The Morgan fingerprint density at radius 1 is 1.40 bits per heavy atom. The van der Waals surface area contributed by atoms with Gasteiger partial charge in [0.05, 0.1) is 17.4 Å². The number of terminal acetylenes is 1.